The van der Waals surface area contributed by atoms with Crippen molar-refractivity contribution in [2.24, 2.45) is 0 Å². The second-order valence-corrected chi connectivity index (χ2v) is 5.67. The molecule has 0 bridgehead atoms. The van der Waals surface area contributed by atoms with Gasteiger partial charge in [0.2, 0.25) is 0 Å². The monoisotopic (exact) mass is 340 g/mol. The summed E-state index contributed by atoms with van der Waals surface area (Å²) in [5.41, 5.74) is 1.88. The average molecular weight is 340 g/mol. The summed E-state index contributed by atoms with van der Waals surface area (Å²) in [4.78, 5) is 24.8. The van der Waals surface area contributed by atoms with E-state index in [9.17, 15) is 9.59 Å². The molecule has 0 saturated heterocycles. The fraction of sp³-hybridized carbons (Fsp3) is 0.300. The SMILES string of the molecule is CCNC(=O)c1ccccc1NC(=O)C(CC)Oc1ccccc1C. The van der Waals surface area contributed by atoms with Crippen molar-refractivity contribution in [1.29, 1.82) is 0 Å². The van der Waals surface area contributed by atoms with E-state index in [0.717, 1.165) is 5.56 Å². The normalized spacial score (nSPS) is 11.5. The van der Waals surface area contributed by atoms with E-state index in [2.05, 4.69) is 10.6 Å². The number of carbonyl (C=O) groups is 2. The number of nitrogens with one attached hydrogen (secondary N) is 2. The van der Waals surface area contributed by atoms with Crippen LogP contribution in [0.2, 0.25) is 0 Å². The molecule has 1 unspecified atom stereocenters. The molecule has 0 spiro atoms. The van der Waals surface area contributed by atoms with Crippen LogP contribution in [-0.2, 0) is 4.79 Å². The molecule has 132 valence electrons. The Balaban J connectivity index is 2.15. The van der Waals surface area contributed by atoms with Gasteiger partial charge in [0.15, 0.2) is 6.10 Å². The summed E-state index contributed by atoms with van der Waals surface area (Å²) in [5, 5.41) is 5.56. The molecule has 0 aromatic heterocycles. The Morgan fingerprint density at radius 2 is 1.72 bits per heavy atom. The second kappa shape index (κ2) is 8.87. The van der Waals surface area contributed by atoms with E-state index in [1.165, 1.54) is 0 Å². The average Bonchev–Trinajstić information content (AvgIpc) is 2.61. The summed E-state index contributed by atoms with van der Waals surface area (Å²) in [6.45, 7) is 6.19. The maximum absolute atomic E-state index is 12.6. The lowest BCUT2D eigenvalue weighted by molar-refractivity contribution is -0.122. The molecule has 2 N–H and O–H groups in total. The van der Waals surface area contributed by atoms with Crippen LogP contribution in [0.4, 0.5) is 5.69 Å². The lowest BCUT2D eigenvalue weighted by atomic mass is 10.1. The molecule has 0 aliphatic rings. The summed E-state index contributed by atoms with van der Waals surface area (Å²) < 4.78 is 5.86. The Bertz CT molecular complexity index is 743. The topological polar surface area (TPSA) is 67.4 Å². The third-order valence-electron chi connectivity index (χ3n) is 3.79. The van der Waals surface area contributed by atoms with Gasteiger partial charge in [-0.2, -0.15) is 0 Å². The highest BCUT2D eigenvalue weighted by Gasteiger charge is 2.21. The van der Waals surface area contributed by atoms with Gasteiger partial charge >= 0.3 is 0 Å². The quantitative estimate of drug-likeness (QED) is 0.810. The molecular formula is C20H24N2O3. The van der Waals surface area contributed by atoms with Crippen LogP contribution in [0.3, 0.4) is 0 Å². The predicted molar refractivity (Wildman–Crippen MR) is 99.0 cm³/mol. The van der Waals surface area contributed by atoms with Crippen LogP contribution >= 0.6 is 0 Å². The van der Waals surface area contributed by atoms with E-state index < -0.39 is 6.10 Å². The van der Waals surface area contributed by atoms with Gasteiger partial charge in [0.25, 0.3) is 11.8 Å². The molecule has 0 heterocycles. The zero-order valence-electron chi connectivity index (χ0n) is 14.8. The fourth-order valence-corrected chi connectivity index (χ4v) is 2.42. The lowest BCUT2D eigenvalue weighted by Crippen LogP contribution is -2.33. The Morgan fingerprint density at radius 3 is 2.40 bits per heavy atom. The third-order valence-corrected chi connectivity index (χ3v) is 3.79. The molecule has 2 aromatic carbocycles. The summed E-state index contributed by atoms with van der Waals surface area (Å²) in [5.74, 6) is 0.190. The molecule has 0 aliphatic carbocycles. The van der Waals surface area contributed by atoms with Gasteiger partial charge in [-0.3, -0.25) is 9.59 Å². The first-order chi connectivity index (χ1) is 12.1. The van der Waals surface area contributed by atoms with E-state index in [1.54, 1.807) is 24.3 Å². The maximum Gasteiger partial charge on any atom is 0.265 e. The third kappa shape index (κ3) is 4.83. The Morgan fingerprint density at radius 1 is 1.04 bits per heavy atom. The standard InChI is InChI=1S/C20H24N2O3/c1-4-17(25-18-13-9-6-10-14(18)3)20(24)22-16-12-8-7-11-15(16)19(23)21-5-2/h6-13,17H,4-5H2,1-3H3,(H,21,23)(H,22,24). The molecule has 0 aliphatic heterocycles. The number of aryl methyl sites for hydroxylation is 1. The molecule has 2 rings (SSSR count). The van der Waals surface area contributed by atoms with Gasteiger partial charge in [-0.25, -0.2) is 0 Å². The van der Waals surface area contributed by atoms with Crippen molar-refractivity contribution in [3.8, 4) is 5.75 Å². The lowest BCUT2D eigenvalue weighted by Gasteiger charge is -2.19. The van der Waals surface area contributed by atoms with Gasteiger partial charge < -0.3 is 15.4 Å². The van der Waals surface area contributed by atoms with Crippen LogP contribution in [0, 0.1) is 6.92 Å². The van der Waals surface area contributed by atoms with E-state index in [1.807, 2.05) is 45.0 Å². The van der Waals surface area contributed by atoms with E-state index in [-0.39, 0.29) is 11.8 Å². The molecule has 0 saturated carbocycles. The number of ether oxygens (including phenoxy) is 1. The van der Waals surface area contributed by atoms with Crippen molar-refractivity contribution in [3.63, 3.8) is 0 Å². The largest absolute Gasteiger partial charge is 0.480 e. The highest BCUT2D eigenvalue weighted by atomic mass is 16.5. The molecule has 0 radical (unpaired) electrons. The molecule has 2 aromatic rings. The first-order valence-corrected chi connectivity index (χ1v) is 8.47. The Hall–Kier alpha value is -2.82. The second-order valence-electron chi connectivity index (χ2n) is 5.67. The van der Waals surface area contributed by atoms with Crippen LogP contribution < -0.4 is 15.4 Å². The number of benzene rings is 2. The number of para-hydroxylation sites is 2. The first-order valence-electron chi connectivity index (χ1n) is 8.47. The van der Waals surface area contributed by atoms with Crippen LogP contribution in [0.1, 0.15) is 36.2 Å². The van der Waals surface area contributed by atoms with Gasteiger partial charge in [0.1, 0.15) is 5.75 Å². The zero-order chi connectivity index (χ0) is 18.2. The van der Waals surface area contributed by atoms with Gasteiger partial charge in [0, 0.05) is 6.54 Å². The van der Waals surface area contributed by atoms with Crippen molar-refractivity contribution in [3.05, 3.63) is 59.7 Å². The molecule has 25 heavy (non-hydrogen) atoms. The number of rotatable bonds is 7. The molecule has 5 nitrogen and oxygen atoms in total. The minimum Gasteiger partial charge on any atom is -0.480 e. The number of hydrogen-bond acceptors (Lipinski definition) is 3. The van der Waals surface area contributed by atoms with Crippen molar-refractivity contribution in [2.45, 2.75) is 33.3 Å². The number of carbonyl (C=O) groups excluding carboxylic acids is 2. The number of amides is 2. The summed E-state index contributed by atoms with van der Waals surface area (Å²) in [7, 11) is 0. The summed E-state index contributed by atoms with van der Waals surface area (Å²) in [6, 6.07) is 14.5. The van der Waals surface area contributed by atoms with Crippen molar-refractivity contribution in [1.82, 2.24) is 5.32 Å². The Kier molecular flexibility index (Phi) is 6.57. The van der Waals surface area contributed by atoms with Crippen LogP contribution in [0.15, 0.2) is 48.5 Å². The highest BCUT2D eigenvalue weighted by Crippen LogP contribution is 2.20. The van der Waals surface area contributed by atoms with Crippen LogP contribution in [-0.4, -0.2) is 24.5 Å². The van der Waals surface area contributed by atoms with Gasteiger partial charge in [-0.1, -0.05) is 37.3 Å². The van der Waals surface area contributed by atoms with Crippen LogP contribution in [0.25, 0.3) is 0 Å². The molecule has 5 heteroatoms. The molecule has 0 fully saturated rings. The minimum atomic E-state index is -0.636. The number of anilines is 1. The minimum absolute atomic E-state index is 0.216. The van der Waals surface area contributed by atoms with Crippen molar-refractivity contribution in [2.75, 3.05) is 11.9 Å². The van der Waals surface area contributed by atoms with Gasteiger partial charge in [0.05, 0.1) is 11.3 Å². The van der Waals surface area contributed by atoms with E-state index >= 15 is 0 Å². The van der Waals surface area contributed by atoms with Gasteiger partial charge in [-0.15, -0.1) is 0 Å². The zero-order valence-corrected chi connectivity index (χ0v) is 14.8. The van der Waals surface area contributed by atoms with Crippen molar-refractivity contribution < 1.29 is 14.3 Å². The molecular weight excluding hydrogens is 316 g/mol. The highest BCUT2D eigenvalue weighted by molar-refractivity contribution is 6.04. The van der Waals surface area contributed by atoms with E-state index in [4.69, 9.17) is 4.74 Å². The van der Waals surface area contributed by atoms with Crippen molar-refractivity contribution >= 4 is 17.5 Å². The summed E-state index contributed by atoms with van der Waals surface area (Å²) in [6.07, 6.45) is -0.118. The van der Waals surface area contributed by atoms with E-state index in [0.29, 0.717) is 30.0 Å². The Labute approximate surface area is 148 Å². The molecule has 2 amide bonds. The molecule has 1 atom stereocenters. The number of hydrogen-bond donors (Lipinski definition) is 2. The summed E-state index contributed by atoms with van der Waals surface area (Å²) >= 11 is 0. The smallest absolute Gasteiger partial charge is 0.265 e. The van der Waals surface area contributed by atoms with Crippen LogP contribution in [0.5, 0.6) is 5.75 Å². The maximum atomic E-state index is 12.6. The van der Waals surface area contributed by atoms with Gasteiger partial charge in [-0.05, 0) is 44.0 Å². The predicted octanol–water partition coefficient (Wildman–Crippen LogP) is 3.54. The fourth-order valence-electron chi connectivity index (χ4n) is 2.42. The first kappa shape index (κ1) is 18.5.